The molecule has 28 heavy (non-hydrogen) atoms. The molecule has 1 aliphatic rings. The molecule has 150 valence electrons. The van der Waals surface area contributed by atoms with Crippen LogP contribution in [0.15, 0.2) is 48.5 Å². The van der Waals surface area contributed by atoms with Crippen molar-refractivity contribution in [2.45, 2.75) is 26.4 Å². The molecule has 0 unspecified atom stereocenters. The third-order valence-corrected chi connectivity index (χ3v) is 4.79. The van der Waals surface area contributed by atoms with E-state index in [4.69, 9.17) is 4.74 Å². The highest BCUT2D eigenvalue weighted by Crippen LogP contribution is 2.17. The van der Waals surface area contributed by atoms with E-state index in [0.717, 1.165) is 36.6 Å². The van der Waals surface area contributed by atoms with Gasteiger partial charge in [0.1, 0.15) is 11.6 Å². The Kier molecular flexibility index (Phi) is 6.87. The third-order valence-electron chi connectivity index (χ3n) is 4.79. The van der Waals surface area contributed by atoms with Crippen LogP contribution in [-0.2, 0) is 6.42 Å². The molecule has 3 rings (SSSR count). The Morgan fingerprint density at radius 3 is 2.39 bits per heavy atom. The molecule has 0 atom stereocenters. The number of carbonyl (C=O) groups is 1. The van der Waals surface area contributed by atoms with Crippen molar-refractivity contribution in [2.24, 2.45) is 0 Å². The summed E-state index contributed by atoms with van der Waals surface area (Å²) in [6.45, 7) is 7.67. The number of hydrogen-bond donors (Lipinski definition) is 1. The number of urea groups is 1. The zero-order valence-electron chi connectivity index (χ0n) is 16.5. The lowest BCUT2D eigenvalue weighted by molar-refractivity contribution is 0.148. The highest BCUT2D eigenvalue weighted by Gasteiger charge is 2.21. The van der Waals surface area contributed by atoms with Crippen LogP contribution >= 0.6 is 0 Å². The molecule has 0 aliphatic carbocycles. The fourth-order valence-electron chi connectivity index (χ4n) is 3.25. The summed E-state index contributed by atoms with van der Waals surface area (Å²) in [7, 11) is 0. The standard InChI is InChI=1S/C22H28FN3O2/c1-17(2)28-20-9-7-19(8-10-20)24-22(27)26-15-13-25(14-16-26)12-11-18-5-3-4-6-21(18)23/h3-10,17H,11-16H2,1-2H3,(H,24,27). The highest BCUT2D eigenvalue weighted by atomic mass is 19.1. The molecule has 1 heterocycles. The first-order chi connectivity index (χ1) is 13.5. The quantitative estimate of drug-likeness (QED) is 0.817. The molecular weight excluding hydrogens is 357 g/mol. The van der Waals surface area contributed by atoms with E-state index in [1.54, 1.807) is 6.07 Å². The zero-order valence-corrected chi connectivity index (χ0v) is 16.5. The van der Waals surface area contributed by atoms with Crippen LogP contribution in [0.25, 0.3) is 0 Å². The SMILES string of the molecule is CC(C)Oc1ccc(NC(=O)N2CCN(CCc3ccccc3F)CC2)cc1. The third kappa shape index (κ3) is 5.70. The minimum absolute atomic E-state index is 0.0914. The van der Waals surface area contributed by atoms with E-state index in [-0.39, 0.29) is 18.0 Å². The lowest BCUT2D eigenvalue weighted by Gasteiger charge is -2.34. The van der Waals surface area contributed by atoms with Crippen molar-refractivity contribution in [3.05, 3.63) is 59.9 Å². The summed E-state index contributed by atoms with van der Waals surface area (Å²) < 4.78 is 19.3. The van der Waals surface area contributed by atoms with Gasteiger partial charge in [0.25, 0.3) is 0 Å². The first-order valence-corrected chi connectivity index (χ1v) is 9.79. The molecular formula is C22H28FN3O2. The van der Waals surface area contributed by atoms with Gasteiger partial charge in [-0.05, 0) is 56.2 Å². The molecule has 0 saturated carbocycles. The van der Waals surface area contributed by atoms with E-state index >= 15 is 0 Å². The molecule has 2 aromatic carbocycles. The number of hydrogen-bond acceptors (Lipinski definition) is 3. The number of nitrogens with one attached hydrogen (secondary N) is 1. The van der Waals surface area contributed by atoms with Crippen LogP contribution in [0, 0.1) is 5.82 Å². The van der Waals surface area contributed by atoms with E-state index in [9.17, 15) is 9.18 Å². The van der Waals surface area contributed by atoms with Crippen molar-refractivity contribution in [3.8, 4) is 5.75 Å². The Hall–Kier alpha value is -2.60. The van der Waals surface area contributed by atoms with Crippen molar-refractivity contribution in [1.82, 2.24) is 9.80 Å². The van der Waals surface area contributed by atoms with Crippen molar-refractivity contribution in [1.29, 1.82) is 0 Å². The van der Waals surface area contributed by atoms with Crippen LogP contribution in [0.4, 0.5) is 14.9 Å². The van der Waals surface area contributed by atoms with E-state index in [1.807, 2.05) is 55.1 Å². The lowest BCUT2D eigenvalue weighted by atomic mass is 10.1. The topological polar surface area (TPSA) is 44.8 Å². The Morgan fingerprint density at radius 2 is 1.75 bits per heavy atom. The number of rotatable bonds is 6. The van der Waals surface area contributed by atoms with Gasteiger partial charge in [0.2, 0.25) is 0 Å². The molecule has 1 fully saturated rings. The van der Waals surface area contributed by atoms with Gasteiger partial charge in [-0.25, -0.2) is 9.18 Å². The number of ether oxygens (including phenoxy) is 1. The van der Waals surface area contributed by atoms with E-state index in [1.165, 1.54) is 6.07 Å². The van der Waals surface area contributed by atoms with Gasteiger partial charge in [0.05, 0.1) is 6.10 Å². The molecule has 1 saturated heterocycles. The van der Waals surface area contributed by atoms with Crippen LogP contribution < -0.4 is 10.1 Å². The van der Waals surface area contributed by atoms with Crippen molar-refractivity contribution in [3.63, 3.8) is 0 Å². The number of nitrogens with zero attached hydrogens (tertiary/aromatic N) is 2. The molecule has 0 spiro atoms. The number of amides is 2. The summed E-state index contributed by atoms with van der Waals surface area (Å²) in [4.78, 5) is 16.6. The second-order valence-electron chi connectivity index (χ2n) is 7.29. The minimum atomic E-state index is -0.148. The zero-order chi connectivity index (χ0) is 19.9. The van der Waals surface area contributed by atoms with Crippen LogP contribution in [0.3, 0.4) is 0 Å². The summed E-state index contributed by atoms with van der Waals surface area (Å²) in [5.41, 5.74) is 1.50. The maximum atomic E-state index is 13.7. The first-order valence-electron chi connectivity index (χ1n) is 9.79. The largest absolute Gasteiger partial charge is 0.491 e. The average molecular weight is 385 g/mol. The summed E-state index contributed by atoms with van der Waals surface area (Å²) >= 11 is 0. The van der Waals surface area contributed by atoms with E-state index < -0.39 is 0 Å². The average Bonchev–Trinajstić information content (AvgIpc) is 2.69. The monoisotopic (exact) mass is 385 g/mol. The first kappa shape index (κ1) is 20.1. The highest BCUT2D eigenvalue weighted by molar-refractivity contribution is 5.89. The second-order valence-corrected chi connectivity index (χ2v) is 7.29. The Morgan fingerprint density at radius 1 is 1.07 bits per heavy atom. The maximum Gasteiger partial charge on any atom is 0.321 e. The molecule has 5 nitrogen and oxygen atoms in total. The van der Waals surface area contributed by atoms with E-state index in [0.29, 0.717) is 19.5 Å². The number of halogens is 1. The molecule has 1 N–H and O–H groups in total. The van der Waals surface area contributed by atoms with E-state index in [2.05, 4.69) is 10.2 Å². The summed E-state index contributed by atoms with van der Waals surface area (Å²) in [5, 5.41) is 2.94. The lowest BCUT2D eigenvalue weighted by Crippen LogP contribution is -2.50. The number of carbonyl (C=O) groups excluding carboxylic acids is 1. The number of anilines is 1. The number of piperazine rings is 1. The van der Waals surface area contributed by atoms with Crippen LogP contribution in [0.2, 0.25) is 0 Å². The van der Waals surface area contributed by atoms with Gasteiger partial charge in [-0.1, -0.05) is 18.2 Å². The van der Waals surface area contributed by atoms with Gasteiger partial charge in [-0.3, -0.25) is 4.90 Å². The van der Waals surface area contributed by atoms with Crippen LogP contribution in [0.1, 0.15) is 19.4 Å². The predicted molar refractivity (Wildman–Crippen MR) is 109 cm³/mol. The van der Waals surface area contributed by atoms with Crippen LogP contribution in [-0.4, -0.2) is 54.7 Å². The molecule has 6 heteroatoms. The smallest absolute Gasteiger partial charge is 0.321 e. The van der Waals surface area contributed by atoms with Gasteiger partial charge in [-0.2, -0.15) is 0 Å². The molecule has 0 aromatic heterocycles. The maximum absolute atomic E-state index is 13.7. The van der Waals surface area contributed by atoms with Gasteiger partial charge < -0.3 is 15.0 Å². The molecule has 1 aliphatic heterocycles. The second kappa shape index (κ2) is 9.55. The Labute approximate surface area is 166 Å². The van der Waals surface area contributed by atoms with Crippen molar-refractivity contribution < 1.29 is 13.9 Å². The molecule has 2 aromatic rings. The minimum Gasteiger partial charge on any atom is -0.491 e. The number of benzene rings is 2. The Bertz CT molecular complexity index is 772. The summed E-state index contributed by atoms with van der Waals surface area (Å²) in [5.74, 6) is 0.641. The fraction of sp³-hybridized carbons (Fsp3) is 0.409. The normalized spacial score (nSPS) is 14.9. The molecule has 2 amide bonds. The van der Waals surface area contributed by atoms with Crippen LogP contribution in [0.5, 0.6) is 5.75 Å². The summed E-state index contributed by atoms with van der Waals surface area (Å²) in [6, 6.07) is 14.2. The Balaban J connectivity index is 1.43. The van der Waals surface area contributed by atoms with Gasteiger partial charge >= 0.3 is 6.03 Å². The van der Waals surface area contributed by atoms with Crippen molar-refractivity contribution >= 4 is 11.7 Å². The molecule has 0 bridgehead atoms. The van der Waals surface area contributed by atoms with Crippen molar-refractivity contribution in [2.75, 3.05) is 38.0 Å². The van der Waals surface area contributed by atoms with Gasteiger partial charge in [-0.15, -0.1) is 0 Å². The predicted octanol–water partition coefficient (Wildman–Crippen LogP) is 4.01. The van der Waals surface area contributed by atoms with Gasteiger partial charge in [0, 0.05) is 38.4 Å². The summed E-state index contributed by atoms with van der Waals surface area (Å²) in [6.07, 6.45) is 0.805. The fourth-order valence-corrected chi connectivity index (χ4v) is 3.25. The molecule has 0 radical (unpaired) electrons. The van der Waals surface area contributed by atoms with Gasteiger partial charge in [0.15, 0.2) is 0 Å².